The molecule has 1 N–H and O–H groups in total. The second kappa shape index (κ2) is 5.61. The zero-order chi connectivity index (χ0) is 14.0. The van der Waals surface area contributed by atoms with Crippen molar-refractivity contribution in [2.75, 3.05) is 5.32 Å². The summed E-state index contributed by atoms with van der Waals surface area (Å²) < 4.78 is 38.5. The molecule has 1 heterocycles. The van der Waals surface area contributed by atoms with Gasteiger partial charge in [0.25, 0.3) is 0 Å². The number of rotatable bonds is 3. The minimum absolute atomic E-state index is 0.0431. The highest BCUT2D eigenvalue weighted by molar-refractivity contribution is 7.16. The molecule has 1 nitrogen and oxygen atoms in total. The first-order valence-electron chi connectivity index (χ1n) is 5.20. The van der Waals surface area contributed by atoms with Crippen molar-refractivity contribution in [3.8, 4) is 0 Å². The molecule has 0 saturated heterocycles. The van der Waals surface area contributed by atoms with Crippen LogP contribution in [0.2, 0.25) is 9.36 Å². The third kappa shape index (κ3) is 4.03. The van der Waals surface area contributed by atoms with E-state index in [-0.39, 0.29) is 5.02 Å². The van der Waals surface area contributed by atoms with E-state index in [4.69, 9.17) is 23.2 Å². The molecule has 1 aromatic heterocycles. The van der Waals surface area contributed by atoms with Gasteiger partial charge in [0.15, 0.2) is 0 Å². The SMILES string of the molecule is FC(F)(F)c1cc(Cl)cc(NCc2ccc(Cl)s2)c1. The first kappa shape index (κ1) is 14.5. The molecule has 0 aliphatic rings. The molecule has 19 heavy (non-hydrogen) atoms. The third-order valence-electron chi connectivity index (χ3n) is 2.32. The van der Waals surface area contributed by atoms with Crippen molar-refractivity contribution in [1.82, 2.24) is 0 Å². The number of hydrogen-bond donors (Lipinski definition) is 1. The zero-order valence-corrected chi connectivity index (χ0v) is 11.7. The highest BCUT2D eigenvalue weighted by atomic mass is 35.5. The molecule has 0 bridgehead atoms. The van der Waals surface area contributed by atoms with Gasteiger partial charge < -0.3 is 5.32 Å². The Balaban J connectivity index is 2.14. The lowest BCUT2D eigenvalue weighted by Gasteiger charge is -2.11. The second-order valence-electron chi connectivity index (χ2n) is 3.79. The maximum absolute atomic E-state index is 12.6. The van der Waals surface area contributed by atoms with Crippen LogP contribution in [-0.4, -0.2) is 0 Å². The van der Waals surface area contributed by atoms with Crippen LogP contribution in [0.15, 0.2) is 30.3 Å². The monoisotopic (exact) mass is 325 g/mol. The molecule has 0 spiro atoms. The van der Waals surface area contributed by atoms with Gasteiger partial charge in [0.2, 0.25) is 0 Å². The number of alkyl halides is 3. The number of halogens is 5. The van der Waals surface area contributed by atoms with Crippen molar-refractivity contribution in [2.45, 2.75) is 12.7 Å². The Hall–Kier alpha value is -0.910. The number of thiophene rings is 1. The van der Waals surface area contributed by atoms with Gasteiger partial charge in [0.05, 0.1) is 9.90 Å². The highest BCUT2D eigenvalue weighted by Crippen LogP contribution is 2.33. The summed E-state index contributed by atoms with van der Waals surface area (Å²) in [4.78, 5) is 0.929. The van der Waals surface area contributed by atoms with Gasteiger partial charge in [-0.15, -0.1) is 11.3 Å². The summed E-state index contributed by atoms with van der Waals surface area (Å²) in [6.07, 6.45) is -4.41. The van der Waals surface area contributed by atoms with E-state index in [0.29, 0.717) is 16.6 Å². The Morgan fingerprint density at radius 1 is 1.11 bits per heavy atom. The van der Waals surface area contributed by atoms with Crippen LogP contribution < -0.4 is 5.32 Å². The molecular formula is C12H8Cl2F3NS. The molecule has 0 radical (unpaired) electrons. The van der Waals surface area contributed by atoms with E-state index in [2.05, 4.69) is 5.32 Å². The van der Waals surface area contributed by atoms with E-state index in [0.717, 1.165) is 17.0 Å². The van der Waals surface area contributed by atoms with Crippen molar-refractivity contribution < 1.29 is 13.2 Å². The Kier molecular flexibility index (Phi) is 4.28. The van der Waals surface area contributed by atoms with Gasteiger partial charge in [-0.25, -0.2) is 0 Å². The smallest absolute Gasteiger partial charge is 0.380 e. The first-order chi connectivity index (χ1) is 8.84. The number of nitrogens with one attached hydrogen (secondary N) is 1. The Morgan fingerprint density at radius 3 is 2.42 bits per heavy atom. The normalized spacial score (nSPS) is 11.6. The average molecular weight is 326 g/mol. The van der Waals surface area contributed by atoms with Crippen LogP contribution in [0.5, 0.6) is 0 Å². The van der Waals surface area contributed by atoms with Crippen molar-refractivity contribution >= 4 is 40.2 Å². The zero-order valence-electron chi connectivity index (χ0n) is 9.39. The summed E-state index contributed by atoms with van der Waals surface area (Å²) in [7, 11) is 0. The third-order valence-corrected chi connectivity index (χ3v) is 3.77. The van der Waals surface area contributed by atoms with Crippen LogP contribution in [0.1, 0.15) is 10.4 Å². The summed E-state index contributed by atoms with van der Waals surface area (Å²) in [5.41, 5.74) is -0.448. The lowest BCUT2D eigenvalue weighted by atomic mass is 10.2. The van der Waals surface area contributed by atoms with Crippen molar-refractivity contribution in [3.63, 3.8) is 0 Å². The van der Waals surface area contributed by atoms with Crippen molar-refractivity contribution in [1.29, 1.82) is 0 Å². The highest BCUT2D eigenvalue weighted by Gasteiger charge is 2.31. The van der Waals surface area contributed by atoms with E-state index < -0.39 is 11.7 Å². The van der Waals surface area contributed by atoms with E-state index in [1.54, 1.807) is 6.07 Å². The maximum Gasteiger partial charge on any atom is 0.416 e. The van der Waals surface area contributed by atoms with Gasteiger partial charge >= 0.3 is 6.18 Å². The molecule has 0 saturated carbocycles. The van der Waals surface area contributed by atoms with Crippen molar-refractivity contribution in [3.05, 3.63) is 50.1 Å². The molecule has 102 valence electrons. The topological polar surface area (TPSA) is 12.0 Å². The summed E-state index contributed by atoms with van der Waals surface area (Å²) in [6, 6.07) is 6.93. The molecule has 0 fully saturated rings. The van der Waals surface area contributed by atoms with E-state index >= 15 is 0 Å². The van der Waals surface area contributed by atoms with Gasteiger partial charge in [0, 0.05) is 22.1 Å². The predicted molar refractivity (Wildman–Crippen MR) is 73.1 cm³/mol. The Bertz CT molecular complexity index is 581. The standard InChI is InChI=1S/C12H8Cl2F3NS/c13-8-3-7(12(15,16)17)4-9(5-8)18-6-10-1-2-11(14)19-10/h1-5,18H,6H2. The van der Waals surface area contributed by atoms with Crippen LogP contribution in [0.4, 0.5) is 18.9 Å². The van der Waals surface area contributed by atoms with Crippen molar-refractivity contribution in [2.24, 2.45) is 0 Å². The molecule has 0 aliphatic heterocycles. The van der Waals surface area contributed by atoms with Crippen LogP contribution >= 0.6 is 34.5 Å². The summed E-state index contributed by atoms with van der Waals surface area (Å²) in [6.45, 7) is 0.398. The molecule has 2 rings (SSSR count). The number of anilines is 1. The minimum atomic E-state index is -4.41. The molecule has 0 amide bonds. The van der Waals surface area contributed by atoms with Crippen LogP contribution in [0, 0.1) is 0 Å². The number of hydrogen-bond acceptors (Lipinski definition) is 2. The molecule has 0 atom stereocenters. The fourth-order valence-corrected chi connectivity index (χ4v) is 2.75. The van der Waals surface area contributed by atoms with Gasteiger partial charge in [-0.3, -0.25) is 0 Å². The molecular weight excluding hydrogens is 318 g/mol. The lowest BCUT2D eigenvalue weighted by molar-refractivity contribution is -0.137. The molecule has 2 aromatic rings. The first-order valence-corrected chi connectivity index (χ1v) is 6.78. The predicted octanol–water partition coefficient (Wildman–Crippen LogP) is 5.69. The van der Waals surface area contributed by atoms with Crippen LogP contribution in [0.25, 0.3) is 0 Å². The fraction of sp³-hybridized carbons (Fsp3) is 0.167. The number of benzene rings is 1. The maximum atomic E-state index is 12.6. The lowest BCUT2D eigenvalue weighted by Crippen LogP contribution is -2.06. The van der Waals surface area contributed by atoms with Gasteiger partial charge in [-0.2, -0.15) is 13.2 Å². The Morgan fingerprint density at radius 2 is 1.84 bits per heavy atom. The molecule has 0 aliphatic carbocycles. The molecule has 1 aromatic carbocycles. The van der Waals surface area contributed by atoms with E-state index in [9.17, 15) is 13.2 Å². The van der Waals surface area contributed by atoms with Crippen LogP contribution in [-0.2, 0) is 12.7 Å². The Labute approximate surface area is 122 Å². The average Bonchev–Trinajstić information content (AvgIpc) is 2.71. The minimum Gasteiger partial charge on any atom is -0.380 e. The summed E-state index contributed by atoms with van der Waals surface area (Å²) in [5.74, 6) is 0. The van der Waals surface area contributed by atoms with Gasteiger partial charge in [-0.05, 0) is 30.3 Å². The second-order valence-corrected chi connectivity index (χ2v) is 6.02. The fourth-order valence-electron chi connectivity index (χ4n) is 1.49. The molecule has 0 unspecified atom stereocenters. The summed E-state index contributed by atoms with van der Waals surface area (Å²) >= 11 is 12.8. The van der Waals surface area contributed by atoms with E-state index in [1.807, 2.05) is 6.07 Å². The van der Waals surface area contributed by atoms with Gasteiger partial charge in [-0.1, -0.05) is 23.2 Å². The van der Waals surface area contributed by atoms with Gasteiger partial charge in [0.1, 0.15) is 0 Å². The van der Waals surface area contributed by atoms with Crippen LogP contribution in [0.3, 0.4) is 0 Å². The van der Waals surface area contributed by atoms with E-state index in [1.165, 1.54) is 17.4 Å². The summed E-state index contributed by atoms with van der Waals surface area (Å²) in [5, 5.41) is 2.94. The molecule has 7 heteroatoms. The quantitative estimate of drug-likeness (QED) is 0.764. The largest absolute Gasteiger partial charge is 0.416 e.